The van der Waals surface area contributed by atoms with Crippen LogP contribution in [-0.2, 0) is 14.8 Å². The van der Waals surface area contributed by atoms with Gasteiger partial charge in [0.2, 0.25) is 0 Å². The molecule has 186 valence electrons. The summed E-state index contributed by atoms with van der Waals surface area (Å²) in [6.45, 7) is 11.0. The van der Waals surface area contributed by atoms with Gasteiger partial charge in [-0.05, 0) is 77.0 Å². The number of sulfonamides is 1. The van der Waals surface area contributed by atoms with Crippen molar-refractivity contribution in [1.82, 2.24) is 9.88 Å². The monoisotopic (exact) mass is 488 g/mol. The van der Waals surface area contributed by atoms with Gasteiger partial charge in [-0.2, -0.15) is 0 Å². The predicted molar refractivity (Wildman–Crippen MR) is 133 cm³/mol. The van der Waals surface area contributed by atoms with E-state index in [1.54, 1.807) is 12.1 Å². The summed E-state index contributed by atoms with van der Waals surface area (Å²) >= 11 is 0. The molecule has 1 saturated heterocycles. The number of anilines is 1. The molecule has 0 spiro atoms. The molecule has 0 radical (unpaired) electrons. The van der Waals surface area contributed by atoms with E-state index >= 15 is 0 Å². The second-order valence-electron chi connectivity index (χ2n) is 10.5. The van der Waals surface area contributed by atoms with Gasteiger partial charge in [0, 0.05) is 18.6 Å². The van der Waals surface area contributed by atoms with Crippen molar-refractivity contribution in [3.05, 3.63) is 54.1 Å². The normalized spacial score (nSPS) is 19.0. The summed E-state index contributed by atoms with van der Waals surface area (Å²) in [5.41, 5.74) is 0.341. The highest BCUT2D eigenvalue weighted by Crippen LogP contribution is 2.42. The van der Waals surface area contributed by atoms with Gasteiger partial charge in [-0.15, -0.1) is 0 Å². The smallest absolute Gasteiger partial charge is 0.410 e. The van der Waals surface area contributed by atoms with Crippen LogP contribution in [0.15, 0.2) is 53.6 Å². The number of hydrogen-bond donors (Lipinski definition) is 2. The molecule has 9 heteroatoms. The number of likely N-dealkylation sites (tertiary alicyclic amines) is 1. The maximum Gasteiger partial charge on any atom is 0.410 e. The van der Waals surface area contributed by atoms with E-state index < -0.39 is 15.6 Å². The first-order valence-corrected chi connectivity index (χ1v) is 13.1. The Morgan fingerprint density at radius 2 is 1.88 bits per heavy atom. The lowest BCUT2D eigenvalue weighted by molar-refractivity contribution is 0.0130. The number of amides is 1. The van der Waals surface area contributed by atoms with E-state index in [-0.39, 0.29) is 28.5 Å². The number of hydrogen-bond acceptors (Lipinski definition) is 6. The van der Waals surface area contributed by atoms with Crippen LogP contribution in [0, 0.1) is 5.92 Å². The van der Waals surface area contributed by atoms with Crippen LogP contribution in [0.5, 0.6) is 0 Å². The lowest BCUT2D eigenvalue weighted by Crippen LogP contribution is -2.45. The van der Waals surface area contributed by atoms with Crippen molar-refractivity contribution < 1.29 is 17.9 Å². The van der Waals surface area contributed by atoms with E-state index in [0.29, 0.717) is 18.9 Å². The van der Waals surface area contributed by atoms with Crippen molar-refractivity contribution in [2.45, 2.75) is 69.5 Å². The van der Waals surface area contributed by atoms with Crippen LogP contribution < -0.4 is 10.5 Å². The molecular formula is C25H36N4O4S. The van der Waals surface area contributed by atoms with Crippen LogP contribution >= 0.6 is 0 Å². The molecule has 1 fully saturated rings. The first-order valence-electron chi connectivity index (χ1n) is 11.6. The number of primary sulfonamides is 1. The topological polar surface area (TPSA) is 115 Å². The second kappa shape index (κ2) is 9.92. The molecule has 1 aliphatic heterocycles. The second-order valence-corrected chi connectivity index (χ2v) is 12.0. The lowest BCUT2D eigenvalue weighted by atomic mass is 9.80. The van der Waals surface area contributed by atoms with Crippen LogP contribution in [0.2, 0.25) is 0 Å². The highest BCUT2D eigenvalue weighted by molar-refractivity contribution is 7.89. The van der Waals surface area contributed by atoms with Crippen molar-refractivity contribution in [3.8, 4) is 0 Å². The van der Waals surface area contributed by atoms with E-state index in [9.17, 15) is 13.2 Å². The van der Waals surface area contributed by atoms with Gasteiger partial charge in [0.25, 0.3) is 10.0 Å². The third-order valence-corrected chi connectivity index (χ3v) is 6.91. The lowest BCUT2D eigenvalue weighted by Gasteiger charge is -2.33. The number of nitrogens with two attached hydrogens (primary N) is 1. The number of carbonyl (C=O) groups is 1. The number of ether oxygens (including phenoxy) is 1. The third kappa shape index (κ3) is 6.70. The fourth-order valence-corrected chi connectivity index (χ4v) is 5.10. The molecule has 2 aromatic rings. The first kappa shape index (κ1) is 26.0. The van der Waals surface area contributed by atoms with Gasteiger partial charge in [-0.3, -0.25) is 0 Å². The fraction of sp³-hybridized carbons (Fsp3) is 0.520. The molecule has 1 amide bonds. The Balaban J connectivity index is 1.75. The molecule has 8 nitrogen and oxygen atoms in total. The van der Waals surface area contributed by atoms with Gasteiger partial charge in [-0.25, -0.2) is 23.3 Å². The predicted octanol–water partition coefficient (Wildman–Crippen LogP) is 4.35. The van der Waals surface area contributed by atoms with Crippen molar-refractivity contribution >= 4 is 21.9 Å². The van der Waals surface area contributed by atoms with E-state index in [0.717, 1.165) is 12.8 Å². The minimum atomic E-state index is -3.86. The van der Waals surface area contributed by atoms with Gasteiger partial charge in [0.15, 0.2) is 5.03 Å². The molecule has 1 aromatic heterocycles. The number of nitrogens with one attached hydrogen (secondary N) is 1. The molecule has 1 aliphatic rings. The number of benzene rings is 1. The van der Waals surface area contributed by atoms with Gasteiger partial charge < -0.3 is 15.0 Å². The van der Waals surface area contributed by atoms with Crippen molar-refractivity contribution in [3.63, 3.8) is 0 Å². The van der Waals surface area contributed by atoms with Gasteiger partial charge in [0.05, 0.1) is 0 Å². The summed E-state index contributed by atoms with van der Waals surface area (Å²) in [4.78, 5) is 18.9. The number of nitrogens with zero attached hydrogens (tertiary/aromatic N) is 2. The molecule has 2 unspecified atom stereocenters. The number of aromatic nitrogens is 1. The highest BCUT2D eigenvalue weighted by Gasteiger charge is 2.45. The van der Waals surface area contributed by atoms with Gasteiger partial charge in [-0.1, -0.05) is 36.4 Å². The number of pyridine rings is 1. The van der Waals surface area contributed by atoms with E-state index in [4.69, 9.17) is 9.88 Å². The van der Waals surface area contributed by atoms with Crippen molar-refractivity contribution in [1.29, 1.82) is 0 Å². The molecule has 1 aromatic carbocycles. The Labute approximate surface area is 202 Å². The zero-order chi connectivity index (χ0) is 25.1. The zero-order valence-corrected chi connectivity index (χ0v) is 21.4. The van der Waals surface area contributed by atoms with E-state index in [1.807, 2.05) is 43.9 Å². The molecule has 2 atom stereocenters. The van der Waals surface area contributed by atoms with Crippen LogP contribution in [0.1, 0.15) is 58.9 Å². The Morgan fingerprint density at radius 1 is 1.21 bits per heavy atom. The van der Waals surface area contributed by atoms with Gasteiger partial charge in [0.1, 0.15) is 11.4 Å². The summed E-state index contributed by atoms with van der Waals surface area (Å²) in [6, 6.07) is 15.0. The fourth-order valence-electron chi connectivity index (χ4n) is 4.61. The largest absolute Gasteiger partial charge is 0.444 e. The molecule has 34 heavy (non-hydrogen) atoms. The van der Waals surface area contributed by atoms with Crippen LogP contribution in [0.4, 0.5) is 10.6 Å². The average Bonchev–Trinajstić information content (AvgIpc) is 3.05. The zero-order valence-electron chi connectivity index (χ0n) is 20.6. The van der Waals surface area contributed by atoms with E-state index in [2.05, 4.69) is 36.3 Å². The third-order valence-electron chi connectivity index (χ3n) is 6.10. The van der Waals surface area contributed by atoms with Crippen LogP contribution in [0.25, 0.3) is 0 Å². The Kier molecular flexibility index (Phi) is 7.57. The summed E-state index contributed by atoms with van der Waals surface area (Å²) < 4.78 is 28.9. The van der Waals surface area contributed by atoms with Crippen LogP contribution in [0.3, 0.4) is 0 Å². The molecule has 3 rings (SSSR count). The summed E-state index contributed by atoms with van der Waals surface area (Å²) in [7, 11) is -3.86. The number of rotatable bonds is 7. The highest BCUT2D eigenvalue weighted by atomic mass is 32.2. The molecule has 0 aliphatic carbocycles. The quantitative estimate of drug-likeness (QED) is 0.599. The Bertz CT molecular complexity index is 1100. The van der Waals surface area contributed by atoms with Crippen molar-refractivity contribution in [2.75, 3.05) is 18.4 Å². The minimum Gasteiger partial charge on any atom is -0.444 e. The Morgan fingerprint density at radius 3 is 2.50 bits per heavy atom. The van der Waals surface area contributed by atoms with E-state index in [1.165, 1.54) is 11.6 Å². The standard InChI is InChI=1S/C25H36N4O4S/c1-24(2,3)33-23(30)29-17-19(16-25(29,4)5)20(18-10-7-6-8-11-18)14-15-27-21-12-9-13-22(28-21)34(26,31)32/h6-13,19-20H,14-17H2,1-5H3,(H,27,28)(H2,26,31,32). The minimum absolute atomic E-state index is 0.164. The first-order chi connectivity index (χ1) is 15.8. The summed E-state index contributed by atoms with van der Waals surface area (Å²) in [6.07, 6.45) is 1.35. The average molecular weight is 489 g/mol. The molecule has 3 N–H and O–H groups in total. The molecule has 2 heterocycles. The SMILES string of the molecule is CC(C)(C)OC(=O)N1CC(C(CCNc2cccc(S(N)(=O)=O)n2)c2ccccc2)CC1(C)C. The molecule has 0 saturated carbocycles. The molecular weight excluding hydrogens is 452 g/mol. The Hall–Kier alpha value is -2.65. The van der Waals surface area contributed by atoms with Crippen LogP contribution in [-0.4, -0.2) is 48.6 Å². The van der Waals surface area contributed by atoms with Gasteiger partial charge >= 0.3 is 6.09 Å². The maximum absolute atomic E-state index is 12.9. The maximum atomic E-state index is 12.9. The van der Waals surface area contributed by atoms with Crippen molar-refractivity contribution in [2.24, 2.45) is 11.1 Å². The summed E-state index contributed by atoms with van der Waals surface area (Å²) in [5.74, 6) is 0.901. The molecule has 0 bridgehead atoms. The summed E-state index contributed by atoms with van der Waals surface area (Å²) in [5, 5.41) is 8.27. The number of carbonyl (C=O) groups excluding carboxylic acids is 1.